The smallest absolute Gasteiger partial charge is 0.863 e. The normalized spacial score (nSPS) is 23.7. The predicted octanol–water partition coefficient (Wildman–Crippen LogP) is -3.96. The number of aromatic nitrogens is 1. The number of nitrogens with zero attached hydrogens (tertiary/aromatic N) is 3. The van der Waals surface area contributed by atoms with Crippen LogP contribution < -0.4 is 45.7 Å². The number of rotatable bonds is 6. The number of fused-ring (bicyclic) bond motifs is 1. The van der Waals surface area contributed by atoms with Crippen molar-refractivity contribution in [1.29, 1.82) is 0 Å². The van der Waals surface area contributed by atoms with E-state index in [-0.39, 0.29) is 64.5 Å². The van der Waals surface area contributed by atoms with E-state index in [4.69, 9.17) is 32.3 Å². The van der Waals surface area contributed by atoms with Crippen molar-refractivity contribution in [2.45, 2.75) is 11.4 Å². The maximum absolute atomic E-state index is 12.9. The monoisotopic (exact) mass is 507 g/mol. The van der Waals surface area contributed by atoms with Crippen molar-refractivity contribution in [1.82, 2.24) is 15.2 Å². The van der Waals surface area contributed by atoms with Crippen molar-refractivity contribution in [3.8, 4) is 0 Å². The number of carbonyl (C=O) groups is 2. The Labute approximate surface area is 219 Å². The van der Waals surface area contributed by atoms with Crippen molar-refractivity contribution < 1.29 is 58.6 Å². The van der Waals surface area contributed by atoms with Crippen LogP contribution in [0.1, 0.15) is 5.69 Å². The topological polar surface area (TPSA) is 151 Å². The summed E-state index contributed by atoms with van der Waals surface area (Å²) in [6.45, 7) is 0.981. The minimum Gasteiger partial charge on any atom is -0.863 e. The molecule has 0 aromatic carbocycles. The third kappa shape index (κ3) is 4.82. The zero-order valence-electron chi connectivity index (χ0n) is 17.2. The van der Waals surface area contributed by atoms with Crippen molar-refractivity contribution in [3.63, 3.8) is 0 Å². The van der Waals surface area contributed by atoms with Crippen LogP contribution in [-0.2, 0) is 23.9 Å². The summed E-state index contributed by atoms with van der Waals surface area (Å²) in [5, 5.41) is 19.3. The molecular weight excluding hydrogens is 489 g/mol. The van der Waals surface area contributed by atoms with Gasteiger partial charge in [0.05, 0.1) is 13.2 Å². The zero-order valence-corrected chi connectivity index (χ0v) is 21.7. The average Bonchev–Trinajstić information content (AvgIpc) is 3.20. The van der Waals surface area contributed by atoms with Gasteiger partial charge in [0.2, 0.25) is 0 Å². The molecule has 4 heterocycles. The number of carbonyl (C=O) groups excluding carboxylic acids is 2. The molecule has 0 radical (unpaired) electrons. The first kappa shape index (κ1) is 25.4. The molecule has 0 saturated carbocycles. The molecule has 3 aliphatic heterocycles. The molecule has 4 rings (SSSR count). The third-order valence-corrected chi connectivity index (χ3v) is 7.11. The number of hydrogen-bond donors (Lipinski definition) is 2. The number of nitrogen functional groups attached to an aromatic ring is 1. The molecule has 0 bridgehead atoms. The Bertz CT molecular complexity index is 980. The van der Waals surface area contributed by atoms with Crippen molar-refractivity contribution in [2.75, 3.05) is 38.6 Å². The molecule has 166 valence electrons. The summed E-state index contributed by atoms with van der Waals surface area (Å²) < 4.78 is 10.7. The molecular formula is C17H18N5NaO6S3. The first-order valence-corrected chi connectivity index (χ1v) is 11.4. The standard InChI is InChI=1S/C17H19N5O6S3.Na/c1-26-21-10(9-5-31-17(18)19-9)13(23)20-11-14(24)22-12(16(25)29)8(4-30-15(11)22)7-2-27-6-28-3-7;/h5,7,11,15H,2-4,6H2,1H3,(H2,18,19)(H,20,23)(H,25,29);/q;+1/p-1/b21-10-;/t11?,15-;/m1./s1. The molecule has 11 nitrogen and oxygen atoms in total. The maximum atomic E-state index is 12.9. The maximum Gasteiger partial charge on any atom is 1.00 e. The zero-order chi connectivity index (χ0) is 22.1. The molecule has 3 N–H and O–H groups in total. The first-order valence-electron chi connectivity index (χ1n) is 9.10. The number of thiazole rings is 1. The Morgan fingerprint density at radius 1 is 1.47 bits per heavy atom. The van der Waals surface area contributed by atoms with Crippen LogP contribution in [0.3, 0.4) is 0 Å². The van der Waals surface area contributed by atoms with Gasteiger partial charge in [-0.3, -0.25) is 14.5 Å². The van der Waals surface area contributed by atoms with Crippen LogP contribution in [0.15, 0.2) is 21.8 Å². The largest absolute Gasteiger partial charge is 1.00 e. The summed E-state index contributed by atoms with van der Waals surface area (Å²) in [6.07, 6.45) is 0. The Hall–Kier alpha value is -1.26. The minimum atomic E-state index is -0.847. The van der Waals surface area contributed by atoms with Crippen LogP contribution >= 0.6 is 35.3 Å². The van der Waals surface area contributed by atoms with E-state index in [0.717, 1.165) is 16.9 Å². The van der Waals surface area contributed by atoms with Gasteiger partial charge >= 0.3 is 29.6 Å². The molecule has 2 atom stereocenters. The van der Waals surface area contributed by atoms with Crippen LogP contribution in [0, 0.1) is 5.92 Å². The Morgan fingerprint density at radius 2 is 2.19 bits per heavy atom. The summed E-state index contributed by atoms with van der Waals surface area (Å²) >= 11 is 7.49. The molecule has 0 aliphatic carbocycles. The summed E-state index contributed by atoms with van der Waals surface area (Å²) in [6, 6.07) is -0.847. The van der Waals surface area contributed by atoms with E-state index in [9.17, 15) is 14.7 Å². The van der Waals surface area contributed by atoms with Crippen molar-refractivity contribution >= 4 is 63.0 Å². The quantitative estimate of drug-likeness (QED) is 0.128. The van der Waals surface area contributed by atoms with Gasteiger partial charge in [-0.2, -0.15) is 0 Å². The number of amides is 2. The van der Waals surface area contributed by atoms with Crippen LogP contribution in [0.5, 0.6) is 0 Å². The molecule has 1 unspecified atom stereocenters. The molecule has 1 aromatic rings. The van der Waals surface area contributed by atoms with Crippen molar-refractivity contribution in [2.24, 2.45) is 11.1 Å². The van der Waals surface area contributed by atoms with Gasteiger partial charge in [0.1, 0.15) is 31.0 Å². The number of hydrogen-bond acceptors (Lipinski definition) is 12. The number of nitrogens with two attached hydrogens (primary N) is 1. The molecule has 2 fully saturated rings. The molecule has 0 spiro atoms. The van der Waals surface area contributed by atoms with Gasteiger partial charge in [-0.25, -0.2) is 4.98 Å². The summed E-state index contributed by atoms with van der Waals surface area (Å²) in [4.78, 5) is 35.8. The van der Waals surface area contributed by atoms with E-state index in [2.05, 4.69) is 15.5 Å². The molecule has 15 heteroatoms. The second kappa shape index (κ2) is 10.8. The van der Waals surface area contributed by atoms with Gasteiger partial charge in [-0.15, -0.1) is 23.1 Å². The van der Waals surface area contributed by atoms with Gasteiger partial charge in [-0.1, -0.05) is 17.4 Å². The van der Waals surface area contributed by atoms with Gasteiger partial charge in [-0.05, 0) is 10.6 Å². The molecule has 2 amide bonds. The Balaban J connectivity index is 0.00000289. The fourth-order valence-corrected chi connectivity index (χ4v) is 5.77. The van der Waals surface area contributed by atoms with Gasteiger partial charge in [0.25, 0.3) is 11.8 Å². The second-order valence-corrected chi connectivity index (χ2v) is 9.14. The third-order valence-electron chi connectivity index (χ3n) is 4.94. The number of thioether (sulfide) groups is 1. The number of anilines is 1. The summed E-state index contributed by atoms with van der Waals surface area (Å²) in [5.41, 5.74) is 6.69. The molecule has 3 aliphatic rings. The fraction of sp³-hybridized carbons (Fsp3) is 0.471. The van der Waals surface area contributed by atoms with E-state index in [1.807, 2.05) is 0 Å². The van der Waals surface area contributed by atoms with E-state index >= 15 is 0 Å². The van der Waals surface area contributed by atoms with Crippen molar-refractivity contribution in [3.05, 3.63) is 22.3 Å². The van der Waals surface area contributed by atoms with E-state index in [0.29, 0.717) is 19.0 Å². The second-order valence-electron chi connectivity index (χ2n) is 6.77. The number of oxime groups is 1. The van der Waals surface area contributed by atoms with Crippen LogP contribution in [0.25, 0.3) is 0 Å². The Morgan fingerprint density at radius 3 is 2.78 bits per heavy atom. The predicted molar refractivity (Wildman–Crippen MR) is 115 cm³/mol. The van der Waals surface area contributed by atoms with E-state index < -0.39 is 28.3 Å². The van der Waals surface area contributed by atoms with Gasteiger partial charge < -0.3 is 30.5 Å². The number of β-lactam (4-membered cyclic amide) rings is 1. The summed E-state index contributed by atoms with van der Waals surface area (Å²) in [5.74, 6) is -0.747. The minimum absolute atomic E-state index is 0. The Kier molecular flexibility index (Phi) is 8.54. The van der Waals surface area contributed by atoms with Gasteiger partial charge in [0.15, 0.2) is 10.8 Å². The van der Waals surface area contributed by atoms with Crippen LogP contribution in [0.4, 0.5) is 5.13 Å². The van der Waals surface area contributed by atoms with E-state index in [1.165, 1.54) is 23.8 Å². The molecule has 32 heavy (non-hydrogen) atoms. The molecule has 1 aromatic heterocycles. The fourth-order valence-electron chi connectivity index (χ4n) is 3.54. The number of ether oxygens (including phenoxy) is 2. The SMILES string of the molecule is CO/N=C(\C(=O)NC1C(=O)N2C(C([O-])=S)=C(C3COCOC3)CS[C@H]12)c1csc(N)n1.[Na+]. The number of nitrogens with one attached hydrogen (secondary N) is 1. The molecule has 2 saturated heterocycles. The van der Waals surface area contributed by atoms with Crippen LogP contribution in [-0.4, -0.2) is 76.7 Å². The van der Waals surface area contributed by atoms with Crippen LogP contribution in [0.2, 0.25) is 0 Å². The number of thiocarbonyl (C=S) groups is 1. The average molecular weight is 508 g/mol. The first-order chi connectivity index (χ1) is 14.9. The van der Waals surface area contributed by atoms with E-state index in [1.54, 1.807) is 5.38 Å². The summed E-state index contributed by atoms with van der Waals surface area (Å²) in [7, 11) is 1.29. The van der Waals surface area contributed by atoms with Gasteiger partial charge in [0, 0.05) is 22.7 Å².